The molecule has 0 aliphatic carbocycles. The Morgan fingerprint density at radius 3 is 2.79 bits per heavy atom. The summed E-state index contributed by atoms with van der Waals surface area (Å²) in [5.41, 5.74) is -0.322. The molecule has 0 amide bonds. The second kappa shape index (κ2) is 4.70. The molecular weight excluding hydrogens is 266 g/mol. The van der Waals surface area contributed by atoms with Gasteiger partial charge in [-0.1, -0.05) is 0 Å². The average Bonchev–Trinajstić information content (AvgIpc) is 2.51. The van der Waals surface area contributed by atoms with Gasteiger partial charge in [0.25, 0.3) is 0 Å². The number of nitrogens with zero attached hydrogens (tertiary/aromatic N) is 1. The zero-order chi connectivity index (χ0) is 10.8. The summed E-state index contributed by atoms with van der Waals surface area (Å²) in [6.45, 7) is 3.89. The van der Waals surface area contributed by atoms with Crippen molar-refractivity contribution >= 4 is 27.3 Å². The number of halogens is 1. The smallest absolute Gasteiger partial charge is 0.123 e. The van der Waals surface area contributed by atoms with Gasteiger partial charge < -0.3 is 9.84 Å². The molecule has 0 aliphatic rings. The van der Waals surface area contributed by atoms with Crippen molar-refractivity contribution in [3.8, 4) is 0 Å². The van der Waals surface area contributed by atoms with Crippen LogP contribution < -0.4 is 0 Å². The van der Waals surface area contributed by atoms with E-state index in [2.05, 4.69) is 20.9 Å². The number of ether oxygens (including phenoxy) is 1. The quantitative estimate of drug-likeness (QED) is 0.922. The predicted molar refractivity (Wildman–Crippen MR) is 60.5 cm³/mol. The number of hydrogen-bond acceptors (Lipinski definition) is 4. The largest absolute Gasteiger partial charge is 0.386 e. The normalized spacial score (nSPS) is 14.4. The first kappa shape index (κ1) is 12.1. The highest BCUT2D eigenvalue weighted by atomic mass is 79.9. The number of hydrogen-bond donors (Lipinski definition) is 1. The van der Waals surface area contributed by atoms with Crippen molar-refractivity contribution in [3.05, 3.63) is 15.0 Å². The van der Waals surface area contributed by atoms with E-state index in [-0.39, 0.29) is 5.60 Å². The second-order valence-electron chi connectivity index (χ2n) is 3.69. The van der Waals surface area contributed by atoms with Crippen LogP contribution in [0.2, 0.25) is 0 Å². The fourth-order valence-electron chi connectivity index (χ4n) is 1.06. The minimum atomic E-state index is -0.554. The highest BCUT2D eigenvalue weighted by Crippen LogP contribution is 2.28. The lowest BCUT2D eigenvalue weighted by molar-refractivity contribution is -0.0201. The molecule has 0 spiro atoms. The van der Waals surface area contributed by atoms with Gasteiger partial charge in [-0.3, -0.25) is 0 Å². The third kappa shape index (κ3) is 3.31. The first-order valence-corrected chi connectivity index (χ1v) is 5.96. The van der Waals surface area contributed by atoms with Gasteiger partial charge in [-0.15, -0.1) is 11.3 Å². The molecular formula is C9H14BrNO2S. The summed E-state index contributed by atoms with van der Waals surface area (Å²) in [7, 11) is 1.64. The fraction of sp³-hybridized carbons (Fsp3) is 0.667. The maximum Gasteiger partial charge on any atom is 0.123 e. The van der Waals surface area contributed by atoms with Crippen molar-refractivity contribution in [2.45, 2.75) is 32.0 Å². The summed E-state index contributed by atoms with van der Waals surface area (Å²) in [5, 5.41) is 12.4. The van der Waals surface area contributed by atoms with Crippen LogP contribution in [0, 0.1) is 0 Å². The maximum absolute atomic E-state index is 9.85. The number of aromatic nitrogens is 1. The summed E-state index contributed by atoms with van der Waals surface area (Å²) >= 11 is 4.70. The Morgan fingerprint density at radius 1 is 1.71 bits per heavy atom. The number of aliphatic hydroxyl groups is 1. The van der Waals surface area contributed by atoms with Gasteiger partial charge in [-0.05, 0) is 29.8 Å². The SMILES string of the molecule is COC(C)(C)CC(O)c1nc(Br)cs1. The molecule has 0 saturated heterocycles. The van der Waals surface area contributed by atoms with E-state index in [1.165, 1.54) is 11.3 Å². The molecule has 3 nitrogen and oxygen atoms in total. The Labute approximate surface area is 96.3 Å². The third-order valence-corrected chi connectivity index (χ3v) is 3.67. The topological polar surface area (TPSA) is 42.4 Å². The first-order valence-electron chi connectivity index (χ1n) is 4.29. The molecule has 80 valence electrons. The zero-order valence-electron chi connectivity index (χ0n) is 8.45. The molecule has 1 unspecified atom stereocenters. The maximum atomic E-state index is 9.85. The van der Waals surface area contributed by atoms with E-state index in [1.807, 2.05) is 19.2 Å². The van der Waals surface area contributed by atoms with Gasteiger partial charge in [0.2, 0.25) is 0 Å². The number of aliphatic hydroxyl groups excluding tert-OH is 1. The first-order chi connectivity index (χ1) is 6.44. The summed E-state index contributed by atoms with van der Waals surface area (Å²) in [6.07, 6.45) is -0.00931. The Morgan fingerprint density at radius 2 is 2.36 bits per heavy atom. The average molecular weight is 280 g/mol. The van der Waals surface area contributed by atoms with E-state index in [4.69, 9.17) is 4.74 Å². The van der Waals surface area contributed by atoms with Crippen LogP contribution in [0.3, 0.4) is 0 Å². The van der Waals surface area contributed by atoms with Crippen LogP contribution in [0.25, 0.3) is 0 Å². The van der Waals surface area contributed by atoms with Gasteiger partial charge >= 0.3 is 0 Å². The van der Waals surface area contributed by atoms with Crippen molar-refractivity contribution in [2.24, 2.45) is 0 Å². The van der Waals surface area contributed by atoms with Gasteiger partial charge in [-0.2, -0.15) is 0 Å². The summed E-state index contributed by atoms with van der Waals surface area (Å²) < 4.78 is 6.01. The van der Waals surface area contributed by atoms with Gasteiger partial charge in [0.05, 0.1) is 5.60 Å². The highest BCUT2D eigenvalue weighted by molar-refractivity contribution is 9.10. The second-order valence-corrected chi connectivity index (χ2v) is 5.39. The molecule has 1 heterocycles. The van der Waals surface area contributed by atoms with E-state index in [1.54, 1.807) is 7.11 Å². The zero-order valence-corrected chi connectivity index (χ0v) is 10.9. The van der Waals surface area contributed by atoms with Crippen molar-refractivity contribution < 1.29 is 9.84 Å². The van der Waals surface area contributed by atoms with Gasteiger partial charge in [0, 0.05) is 18.9 Å². The third-order valence-electron chi connectivity index (χ3n) is 2.02. The standard InChI is InChI=1S/C9H14BrNO2S/c1-9(2,13-3)4-6(12)8-11-7(10)5-14-8/h5-6,12H,4H2,1-3H3. The fourth-order valence-corrected chi connectivity index (χ4v) is 2.31. The van der Waals surface area contributed by atoms with Gasteiger partial charge in [0.15, 0.2) is 0 Å². The summed E-state index contributed by atoms with van der Waals surface area (Å²) in [5.74, 6) is 0. The van der Waals surface area contributed by atoms with Crippen LogP contribution in [0.4, 0.5) is 0 Å². The lowest BCUT2D eigenvalue weighted by Gasteiger charge is -2.24. The van der Waals surface area contributed by atoms with Crippen molar-refractivity contribution in [3.63, 3.8) is 0 Å². The van der Waals surface area contributed by atoms with Crippen LogP contribution in [0.15, 0.2) is 9.98 Å². The van der Waals surface area contributed by atoms with E-state index < -0.39 is 6.10 Å². The van der Waals surface area contributed by atoms with Crippen molar-refractivity contribution in [1.82, 2.24) is 4.98 Å². The number of rotatable bonds is 4. The Kier molecular flexibility index (Phi) is 4.06. The molecule has 5 heteroatoms. The van der Waals surface area contributed by atoms with Crippen LogP contribution in [0.1, 0.15) is 31.4 Å². The minimum absolute atomic E-state index is 0.322. The van der Waals surface area contributed by atoms with Crippen molar-refractivity contribution in [2.75, 3.05) is 7.11 Å². The summed E-state index contributed by atoms with van der Waals surface area (Å²) in [4.78, 5) is 4.16. The minimum Gasteiger partial charge on any atom is -0.386 e. The Hall–Kier alpha value is 0.0300. The summed E-state index contributed by atoms with van der Waals surface area (Å²) in [6, 6.07) is 0. The number of thiazole rings is 1. The Balaban J connectivity index is 2.63. The molecule has 0 saturated carbocycles. The molecule has 0 fully saturated rings. The van der Waals surface area contributed by atoms with Crippen LogP contribution in [0.5, 0.6) is 0 Å². The van der Waals surface area contributed by atoms with Crippen LogP contribution in [-0.4, -0.2) is 22.8 Å². The van der Waals surface area contributed by atoms with Crippen LogP contribution in [-0.2, 0) is 4.74 Å². The molecule has 1 aromatic rings. The van der Waals surface area contributed by atoms with E-state index >= 15 is 0 Å². The van der Waals surface area contributed by atoms with E-state index in [9.17, 15) is 5.11 Å². The molecule has 0 aromatic carbocycles. The lowest BCUT2D eigenvalue weighted by atomic mass is 10.0. The van der Waals surface area contributed by atoms with Gasteiger partial charge in [0.1, 0.15) is 15.7 Å². The molecule has 1 atom stereocenters. The van der Waals surface area contributed by atoms with Crippen LogP contribution >= 0.6 is 27.3 Å². The monoisotopic (exact) mass is 279 g/mol. The highest BCUT2D eigenvalue weighted by Gasteiger charge is 2.24. The molecule has 1 rings (SSSR count). The number of methoxy groups -OCH3 is 1. The Bertz CT molecular complexity index is 301. The molecule has 14 heavy (non-hydrogen) atoms. The molecule has 0 radical (unpaired) electrons. The molecule has 0 bridgehead atoms. The predicted octanol–water partition coefficient (Wildman–Crippen LogP) is 2.75. The molecule has 1 N–H and O–H groups in total. The van der Waals surface area contributed by atoms with E-state index in [0.29, 0.717) is 6.42 Å². The molecule has 0 aliphatic heterocycles. The van der Waals surface area contributed by atoms with E-state index in [0.717, 1.165) is 9.61 Å². The van der Waals surface area contributed by atoms with Crippen molar-refractivity contribution in [1.29, 1.82) is 0 Å². The lowest BCUT2D eigenvalue weighted by Crippen LogP contribution is -2.25. The molecule has 1 aromatic heterocycles. The van der Waals surface area contributed by atoms with Gasteiger partial charge in [-0.25, -0.2) is 4.98 Å².